The summed E-state index contributed by atoms with van der Waals surface area (Å²) in [5, 5.41) is 6.45. The van der Waals surface area contributed by atoms with Gasteiger partial charge in [-0.2, -0.15) is 0 Å². The van der Waals surface area contributed by atoms with E-state index in [1.807, 2.05) is 23.1 Å². The van der Waals surface area contributed by atoms with Gasteiger partial charge >= 0.3 is 190 Å². The number of allylic oxidation sites excluding steroid dienone is 4. The summed E-state index contributed by atoms with van der Waals surface area (Å²) in [6.07, 6.45) is 8.22. The Morgan fingerprint density at radius 2 is 2.40 bits per heavy atom. The molecule has 0 aromatic carbocycles. The van der Waals surface area contributed by atoms with E-state index in [2.05, 4.69) is 34.5 Å². The van der Waals surface area contributed by atoms with E-state index >= 15 is 0 Å². The average molecular weight is 494 g/mol. The molecule has 0 spiro atoms. The number of rotatable bonds is 6. The van der Waals surface area contributed by atoms with Gasteiger partial charge < -0.3 is 0 Å². The number of nitrogens with zero attached hydrogens (tertiary/aromatic N) is 2. The summed E-state index contributed by atoms with van der Waals surface area (Å²) in [7, 11) is -3.40. The van der Waals surface area contributed by atoms with E-state index < -0.39 is 13.3 Å². The summed E-state index contributed by atoms with van der Waals surface area (Å²) in [6.45, 7) is 4.03. The summed E-state index contributed by atoms with van der Waals surface area (Å²) in [6, 6.07) is 0. The number of nitrogens with two attached hydrogens (primary N) is 1. The molecule has 5 atom stereocenters. The zero-order valence-electron chi connectivity index (χ0n) is 16.0. The van der Waals surface area contributed by atoms with Gasteiger partial charge in [0.15, 0.2) is 0 Å². The molecule has 4 unspecified atom stereocenters. The molecule has 0 saturated carbocycles. The molecule has 0 radical (unpaired) electrons. The second-order valence-electron chi connectivity index (χ2n) is 6.90. The molecule has 0 bridgehead atoms. The Morgan fingerprint density at radius 1 is 1.57 bits per heavy atom. The summed E-state index contributed by atoms with van der Waals surface area (Å²) in [5.41, 5.74) is 6.77. The Bertz CT molecular complexity index is 811. The molecular formula is C17H25ClN5O4PS2. The first kappa shape index (κ1) is 22.4. The standard InChI is InChI=1S/C17H25ClN5O4PS2/c1-2-4-10(5-3-6-18)30-17-22-14-15(19)20-9-21-16(14)23(17)13-7-11-12(26-13)8-25-28(24,29)27-11/h2-5,9,11-13,15,17,22,24,28-29H,1,6-8,19H2,(H,20,21)/b5-3-,10-4+/t11?,12?,13-,15?,17?/m1/s1. The Kier molecular flexibility index (Phi) is 7.03. The first-order chi connectivity index (χ1) is 14.4. The van der Waals surface area contributed by atoms with Crippen molar-refractivity contribution in [3.05, 3.63) is 47.3 Å². The van der Waals surface area contributed by atoms with E-state index in [4.69, 9.17) is 31.1 Å². The van der Waals surface area contributed by atoms with Gasteiger partial charge in [-0.3, -0.25) is 0 Å². The third kappa shape index (κ3) is 4.69. The van der Waals surface area contributed by atoms with Crippen LogP contribution in [-0.2, 0) is 13.8 Å². The summed E-state index contributed by atoms with van der Waals surface area (Å²) in [5.74, 6) is 1.12. The van der Waals surface area contributed by atoms with Crippen LogP contribution < -0.4 is 16.4 Å². The summed E-state index contributed by atoms with van der Waals surface area (Å²) < 4.78 is 17.2. The third-order valence-electron chi connectivity index (χ3n) is 4.90. The minimum atomic E-state index is -3.40. The Morgan fingerprint density at radius 3 is 3.17 bits per heavy atom. The van der Waals surface area contributed by atoms with E-state index in [1.165, 1.54) is 0 Å². The summed E-state index contributed by atoms with van der Waals surface area (Å²) >= 11 is 11.5. The molecule has 2 fully saturated rings. The number of thioether (sulfide) groups is 1. The fourth-order valence-corrected chi connectivity index (χ4v) is 6.58. The van der Waals surface area contributed by atoms with Crippen molar-refractivity contribution in [1.82, 2.24) is 15.5 Å². The number of hydrogen-bond acceptors (Lipinski definition) is 11. The van der Waals surface area contributed by atoms with Crippen LogP contribution in [0, 0.1) is 0 Å². The zero-order chi connectivity index (χ0) is 21.3. The second kappa shape index (κ2) is 9.40. The molecule has 4 aliphatic heterocycles. The molecular weight excluding hydrogens is 469 g/mol. The van der Waals surface area contributed by atoms with Crippen LogP contribution in [-0.4, -0.2) is 58.7 Å². The van der Waals surface area contributed by atoms with Gasteiger partial charge in [-0.15, -0.1) is 0 Å². The van der Waals surface area contributed by atoms with Crippen molar-refractivity contribution in [3.63, 3.8) is 0 Å². The number of halogens is 1. The zero-order valence-corrected chi connectivity index (χ0v) is 19.4. The van der Waals surface area contributed by atoms with Crippen molar-refractivity contribution in [1.29, 1.82) is 0 Å². The molecule has 0 amide bonds. The third-order valence-corrected chi connectivity index (χ3v) is 8.05. The van der Waals surface area contributed by atoms with Crippen LogP contribution in [0.25, 0.3) is 0 Å². The molecule has 4 aliphatic rings. The number of fused-ring (bicyclic) bond motifs is 1. The van der Waals surface area contributed by atoms with Gasteiger partial charge in [0.1, 0.15) is 0 Å². The maximum absolute atomic E-state index is 10.1. The molecule has 0 aliphatic carbocycles. The normalized spacial score (nSPS) is 36.3. The van der Waals surface area contributed by atoms with Crippen molar-refractivity contribution in [2.45, 2.75) is 36.5 Å². The Hall–Kier alpha value is -0.750. The van der Waals surface area contributed by atoms with Gasteiger partial charge in [-0.25, -0.2) is 0 Å². The van der Waals surface area contributed by atoms with Crippen molar-refractivity contribution in [2.24, 2.45) is 10.7 Å². The second-order valence-corrected chi connectivity index (χ2v) is 11.7. The van der Waals surface area contributed by atoms with Crippen molar-refractivity contribution in [2.75, 3.05) is 12.5 Å². The maximum atomic E-state index is 10.1. The molecule has 0 aromatic heterocycles. The van der Waals surface area contributed by atoms with Gasteiger partial charge in [0.2, 0.25) is 0 Å². The minimum absolute atomic E-state index is 0.234. The van der Waals surface area contributed by atoms with Crippen molar-refractivity contribution >= 4 is 49.1 Å². The molecule has 0 aromatic rings. The molecule has 4 rings (SSSR count). The SMILES string of the molecule is C=C/C=C(\C=C/CCl)SC1NC2=C(N=CNC2N)N1[C@H]1CC2O[PH](O)(S)OCC2O1. The molecule has 9 nitrogen and oxygen atoms in total. The fourth-order valence-electron chi connectivity index (χ4n) is 3.63. The van der Waals surface area contributed by atoms with Gasteiger partial charge in [0, 0.05) is 0 Å². The molecule has 166 valence electrons. The number of hydrogen-bond donors (Lipinski definition) is 5. The molecule has 5 N–H and O–H groups in total. The van der Waals surface area contributed by atoms with E-state index in [0.29, 0.717) is 18.1 Å². The monoisotopic (exact) mass is 493 g/mol. The number of thiol groups is 1. The van der Waals surface area contributed by atoms with E-state index in [0.717, 1.165) is 10.6 Å². The molecule has 30 heavy (non-hydrogen) atoms. The van der Waals surface area contributed by atoms with Crippen LogP contribution >= 0.6 is 42.8 Å². The summed E-state index contributed by atoms with van der Waals surface area (Å²) in [4.78, 5) is 17.6. The molecule has 13 heteroatoms. The first-order valence-electron chi connectivity index (χ1n) is 9.39. The first-order valence-corrected chi connectivity index (χ1v) is 13.9. The van der Waals surface area contributed by atoms with Crippen molar-refractivity contribution < 1.29 is 18.7 Å². The predicted molar refractivity (Wildman–Crippen MR) is 125 cm³/mol. The topological polar surface area (TPSA) is 114 Å². The van der Waals surface area contributed by atoms with Gasteiger partial charge in [-0.1, -0.05) is 0 Å². The van der Waals surface area contributed by atoms with Crippen LogP contribution in [0.4, 0.5) is 0 Å². The predicted octanol–water partition coefficient (Wildman–Crippen LogP) is 1.72. The molecule has 2 saturated heterocycles. The van der Waals surface area contributed by atoms with Gasteiger partial charge in [0.05, 0.1) is 0 Å². The Labute approximate surface area is 190 Å². The number of nitrogens with one attached hydrogen (secondary N) is 2. The van der Waals surface area contributed by atoms with Gasteiger partial charge in [0.25, 0.3) is 0 Å². The van der Waals surface area contributed by atoms with Crippen LogP contribution in [0.5, 0.6) is 0 Å². The quantitative estimate of drug-likeness (QED) is 0.163. The number of alkyl halides is 1. The van der Waals surface area contributed by atoms with Gasteiger partial charge in [-0.05, 0) is 0 Å². The van der Waals surface area contributed by atoms with E-state index in [1.54, 1.807) is 24.2 Å². The van der Waals surface area contributed by atoms with Crippen LogP contribution in [0.15, 0.2) is 52.3 Å². The number of ether oxygens (including phenoxy) is 1. The Balaban J connectivity index is 1.58. The van der Waals surface area contributed by atoms with Crippen LogP contribution in [0.1, 0.15) is 6.42 Å². The average Bonchev–Trinajstić information content (AvgIpc) is 3.26. The fraction of sp³-hybridized carbons (Fsp3) is 0.471. The van der Waals surface area contributed by atoms with E-state index in [-0.39, 0.29) is 30.5 Å². The molecule has 4 heterocycles. The van der Waals surface area contributed by atoms with Crippen LogP contribution in [0.3, 0.4) is 0 Å². The van der Waals surface area contributed by atoms with Crippen LogP contribution in [0.2, 0.25) is 0 Å². The van der Waals surface area contributed by atoms with E-state index in [9.17, 15) is 4.89 Å². The van der Waals surface area contributed by atoms with Crippen molar-refractivity contribution in [3.8, 4) is 0 Å². The number of aliphatic imine (C=N–C) groups is 1.